The quantitative estimate of drug-likeness (QED) is 0.686. The summed E-state index contributed by atoms with van der Waals surface area (Å²) in [6, 6.07) is 12.7. The normalized spacial score (nSPS) is 19.2. The van der Waals surface area contributed by atoms with Gasteiger partial charge < -0.3 is 0 Å². The van der Waals surface area contributed by atoms with Crippen LogP contribution < -0.4 is 5.19 Å². The van der Waals surface area contributed by atoms with Crippen molar-refractivity contribution in [2.45, 2.75) is 64.1 Å². The van der Waals surface area contributed by atoms with Crippen molar-refractivity contribution in [3.05, 3.63) is 29.8 Å². The van der Waals surface area contributed by atoms with Gasteiger partial charge in [0.1, 0.15) is 0 Å². The molecule has 0 radical (unpaired) electrons. The number of aryl methyl sites for hydroxylation is 1. The van der Waals surface area contributed by atoms with Gasteiger partial charge in [-0.15, -0.1) is 0 Å². The molecule has 1 heterocycles. The number of rotatable bonds is 4. The Morgan fingerprint density at radius 1 is 1.00 bits per heavy atom. The van der Waals surface area contributed by atoms with Gasteiger partial charge in [-0.1, -0.05) is 80.7 Å². The zero-order valence-corrected chi connectivity index (χ0v) is 12.5. The van der Waals surface area contributed by atoms with Gasteiger partial charge in [0, 0.05) is 0 Å². The van der Waals surface area contributed by atoms with E-state index in [-0.39, 0.29) is 0 Å². The van der Waals surface area contributed by atoms with Crippen LogP contribution >= 0.6 is 0 Å². The first kappa shape index (κ1) is 12.9. The maximum Gasteiger partial charge on any atom is 0.0836 e. The SMILES string of the molecule is CCCCc1ccc([Si]2(C)CCCCC2)cc1. The van der Waals surface area contributed by atoms with Crippen molar-refractivity contribution in [3.63, 3.8) is 0 Å². The Bertz CT molecular complexity index is 333. The van der Waals surface area contributed by atoms with E-state index in [0.717, 1.165) is 0 Å². The number of hydrogen-bond acceptors (Lipinski definition) is 0. The van der Waals surface area contributed by atoms with Crippen LogP contribution in [0.5, 0.6) is 0 Å². The molecule has 1 heteroatoms. The minimum absolute atomic E-state index is 1.07. The van der Waals surface area contributed by atoms with E-state index in [2.05, 4.69) is 37.7 Å². The maximum absolute atomic E-state index is 2.59. The van der Waals surface area contributed by atoms with E-state index in [1.54, 1.807) is 5.19 Å². The topological polar surface area (TPSA) is 0 Å². The highest BCUT2D eigenvalue weighted by Gasteiger charge is 2.30. The molecule has 0 spiro atoms. The molecule has 1 saturated heterocycles. The van der Waals surface area contributed by atoms with Crippen LogP contribution in [0.1, 0.15) is 44.6 Å². The predicted octanol–water partition coefficient (Wildman–Crippen LogP) is 4.50. The van der Waals surface area contributed by atoms with Gasteiger partial charge >= 0.3 is 0 Å². The summed E-state index contributed by atoms with van der Waals surface area (Å²) in [6.45, 7) is 4.86. The van der Waals surface area contributed by atoms with Crippen LogP contribution in [0.25, 0.3) is 0 Å². The summed E-state index contributed by atoms with van der Waals surface area (Å²) >= 11 is 0. The third-order valence-electron chi connectivity index (χ3n) is 4.43. The Labute approximate surface area is 107 Å². The molecule has 17 heavy (non-hydrogen) atoms. The molecule has 1 fully saturated rings. The molecule has 1 aromatic carbocycles. The fraction of sp³-hybridized carbons (Fsp3) is 0.625. The average Bonchev–Trinajstić information content (AvgIpc) is 2.38. The van der Waals surface area contributed by atoms with E-state index < -0.39 is 8.07 Å². The molecule has 0 aromatic heterocycles. The van der Waals surface area contributed by atoms with Gasteiger partial charge in [0.15, 0.2) is 0 Å². The molecule has 0 unspecified atom stereocenters. The zero-order chi connectivity index (χ0) is 12.1. The smallest absolute Gasteiger partial charge is 0.0654 e. The largest absolute Gasteiger partial charge is 0.0836 e. The van der Waals surface area contributed by atoms with Gasteiger partial charge in [0.2, 0.25) is 0 Å². The lowest BCUT2D eigenvalue weighted by Crippen LogP contribution is -2.45. The van der Waals surface area contributed by atoms with E-state index >= 15 is 0 Å². The number of unbranched alkanes of at least 4 members (excludes halogenated alkanes) is 1. The molecule has 1 aliphatic heterocycles. The van der Waals surface area contributed by atoms with E-state index in [0.29, 0.717) is 0 Å². The molecule has 0 nitrogen and oxygen atoms in total. The van der Waals surface area contributed by atoms with E-state index in [9.17, 15) is 0 Å². The van der Waals surface area contributed by atoms with Crippen molar-refractivity contribution >= 4 is 13.3 Å². The molecule has 0 aliphatic carbocycles. The number of benzene rings is 1. The summed E-state index contributed by atoms with van der Waals surface area (Å²) in [7, 11) is -1.07. The Balaban J connectivity index is 2.06. The van der Waals surface area contributed by atoms with Crippen LogP contribution in [0.15, 0.2) is 24.3 Å². The minimum atomic E-state index is -1.07. The summed E-state index contributed by atoms with van der Waals surface area (Å²) in [5, 5.41) is 1.71. The second-order valence-corrected chi connectivity index (χ2v) is 10.6. The Morgan fingerprint density at radius 3 is 2.24 bits per heavy atom. The Kier molecular flexibility index (Phi) is 4.44. The number of hydrogen-bond donors (Lipinski definition) is 0. The third-order valence-corrected chi connectivity index (χ3v) is 9.07. The summed E-state index contributed by atoms with van der Waals surface area (Å²) in [5.74, 6) is 0. The molecule has 0 saturated carbocycles. The monoisotopic (exact) mass is 246 g/mol. The lowest BCUT2D eigenvalue weighted by molar-refractivity contribution is 0.717. The third kappa shape index (κ3) is 3.22. The second kappa shape index (κ2) is 5.86. The fourth-order valence-electron chi connectivity index (χ4n) is 3.08. The molecule has 94 valence electrons. The first-order valence-corrected chi connectivity index (χ1v) is 10.3. The van der Waals surface area contributed by atoms with Crippen molar-refractivity contribution in [1.82, 2.24) is 0 Å². The minimum Gasteiger partial charge on any atom is -0.0654 e. The Morgan fingerprint density at radius 2 is 1.65 bits per heavy atom. The molecule has 1 aliphatic rings. The van der Waals surface area contributed by atoms with Crippen LogP contribution in [0.4, 0.5) is 0 Å². The molecular weight excluding hydrogens is 220 g/mol. The van der Waals surface area contributed by atoms with Gasteiger partial charge in [-0.25, -0.2) is 0 Å². The maximum atomic E-state index is 2.59. The summed E-state index contributed by atoms with van der Waals surface area (Å²) in [4.78, 5) is 0. The standard InChI is InChI=1S/C16H26Si/c1-3-4-8-15-9-11-16(12-10-15)17(2)13-6-5-7-14-17/h9-12H,3-8,13-14H2,1-2H3. The van der Waals surface area contributed by atoms with Crippen LogP contribution in [-0.2, 0) is 6.42 Å². The molecule has 0 amide bonds. The zero-order valence-electron chi connectivity index (χ0n) is 11.5. The first-order chi connectivity index (χ1) is 8.24. The van der Waals surface area contributed by atoms with E-state index in [4.69, 9.17) is 0 Å². The lowest BCUT2D eigenvalue weighted by Gasteiger charge is -2.32. The molecule has 0 bridgehead atoms. The highest BCUT2D eigenvalue weighted by molar-refractivity contribution is 6.91. The van der Waals surface area contributed by atoms with Crippen LogP contribution in [0.3, 0.4) is 0 Å². The Hall–Kier alpha value is -0.563. The predicted molar refractivity (Wildman–Crippen MR) is 79.8 cm³/mol. The second-order valence-electron chi connectivity index (χ2n) is 5.92. The molecule has 2 rings (SSSR count). The van der Waals surface area contributed by atoms with Gasteiger partial charge in [0.25, 0.3) is 0 Å². The molecule has 1 aromatic rings. The summed E-state index contributed by atoms with van der Waals surface area (Å²) in [5.41, 5.74) is 1.53. The van der Waals surface area contributed by atoms with E-state index in [1.807, 2.05) is 0 Å². The lowest BCUT2D eigenvalue weighted by atomic mass is 10.1. The van der Waals surface area contributed by atoms with Crippen LogP contribution in [0, 0.1) is 0 Å². The van der Waals surface area contributed by atoms with E-state index in [1.165, 1.54) is 56.2 Å². The van der Waals surface area contributed by atoms with Crippen molar-refractivity contribution < 1.29 is 0 Å². The molecule has 0 N–H and O–H groups in total. The van der Waals surface area contributed by atoms with Crippen molar-refractivity contribution in [2.75, 3.05) is 0 Å². The first-order valence-electron chi connectivity index (χ1n) is 7.34. The highest BCUT2D eigenvalue weighted by atomic mass is 28.3. The average molecular weight is 246 g/mol. The van der Waals surface area contributed by atoms with Gasteiger partial charge in [-0.3, -0.25) is 0 Å². The highest BCUT2D eigenvalue weighted by Crippen LogP contribution is 2.28. The van der Waals surface area contributed by atoms with Gasteiger partial charge in [0.05, 0.1) is 8.07 Å². The molecule has 0 atom stereocenters. The van der Waals surface area contributed by atoms with Crippen molar-refractivity contribution in [3.8, 4) is 0 Å². The van der Waals surface area contributed by atoms with Crippen molar-refractivity contribution in [2.24, 2.45) is 0 Å². The van der Waals surface area contributed by atoms with Crippen LogP contribution in [-0.4, -0.2) is 8.07 Å². The fourth-order valence-corrected chi connectivity index (χ4v) is 6.93. The van der Waals surface area contributed by atoms with Crippen LogP contribution in [0.2, 0.25) is 18.6 Å². The van der Waals surface area contributed by atoms with Crippen molar-refractivity contribution in [1.29, 1.82) is 0 Å². The summed E-state index contributed by atoms with van der Waals surface area (Å²) < 4.78 is 0. The summed E-state index contributed by atoms with van der Waals surface area (Å²) in [6.07, 6.45) is 8.30. The molecular formula is C16H26Si. The van der Waals surface area contributed by atoms with Gasteiger partial charge in [-0.2, -0.15) is 0 Å². The van der Waals surface area contributed by atoms with Gasteiger partial charge in [-0.05, 0) is 18.4 Å².